The van der Waals surface area contributed by atoms with E-state index in [1.54, 1.807) is 12.1 Å². The fourth-order valence-corrected chi connectivity index (χ4v) is 1.49. The smallest absolute Gasteiger partial charge is 0.251 e. The van der Waals surface area contributed by atoms with E-state index in [2.05, 4.69) is 22.5 Å². The molecule has 0 atom stereocenters. The minimum Gasteiger partial charge on any atom is -0.370 e. The lowest BCUT2D eigenvalue weighted by Crippen LogP contribution is -2.34. The van der Waals surface area contributed by atoms with Crippen LogP contribution in [0.5, 0.6) is 0 Å². The number of guanidine groups is 1. The Bertz CT molecular complexity index is 409. The summed E-state index contributed by atoms with van der Waals surface area (Å²) in [5, 5.41) is 5.86. The van der Waals surface area contributed by atoms with Gasteiger partial charge in [0, 0.05) is 25.2 Å². The fourth-order valence-electron chi connectivity index (χ4n) is 1.49. The molecule has 0 saturated heterocycles. The number of nitrogens with two attached hydrogens (primary N) is 1. The number of carbonyl (C=O) groups excluding carboxylic acids is 1. The van der Waals surface area contributed by atoms with Crippen LogP contribution in [-0.2, 0) is 0 Å². The van der Waals surface area contributed by atoms with Gasteiger partial charge in [0.2, 0.25) is 0 Å². The SMILES string of the molecule is CCCN=C(N)NCCCNC(=O)c1ccccc1.I. The molecule has 0 unspecified atom stereocenters. The van der Waals surface area contributed by atoms with Crippen LogP contribution in [0.1, 0.15) is 30.1 Å². The zero-order valence-electron chi connectivity index (χ0n) is 11.8. The molecule has 20 heavy (non-hydrogen) atoms. The van der Waals surface area contributed by atoms with Crippen molar-refractivity contribution >= 4 is 35.8 Å². The van der Waals surface area contributed by atoms with E-state index in [0.29, 0.717) is 24.6 Å². The van der Waals surface area contributed by atoms with Crippen molar-refractivity contribution in [1.82, 2.24) is 10.6 Å². The molecule has 4 N–H and O–H groups in total. The van der Waals surface area contributed by atoms with Gasteiger partial charge in [0.1, 0.15) is 0 Å². The maximum absolute atomic E-state index is 11.7. The average Bonchev–Trinajstić information content (AvgIpc) is 2.45. The first-order valence-corrected chi connectivity index (χ1v) is 6.61. The number of rotatable bonds is 7. The zero-order chi connectivity index (χ0) is 13.9. The Labute approximate surface area is 137 Å². The molecule has 0 spiro atoms. The lowest BCUT2D eigenvalue weighted by molar-refractivity contribution is 0.0953. The molecule has 0 aliphatic heterocycles. The second kappa shape index (κ2) is 11.5. The van der Waals surface area contributed by atoms with E-state index < -0.39 is 0 Å². The van der Waals surface area contributed by atoms with Crippen LogP contribution in [0, 0.1) is 0 Å². The quantitative estimate of drug-likeness (QED) is 0.287. The Hall–Kier alpha value is -1.31. The highest BCUT2D eigenvalue weighted by molar-refractivity contribution is 14.0. The predicted molar refractivity (Wildman–Crippen MR) is 93.6 cm³/mol. The van der Waals surface area contributed by atoms with Crippen LogP contribution in [-0.4, -0.2) is 31.5 Å². The maximum Gasteiger partial charge on any atom is 0.251 e. The van der Waals surface area contributed by atoms with Crippen molar-refractivity contribution in [1.29, 1.82) is 0 Å². The summed E-state index contributed by atoms with van der Waals surface area (Å²) in [6.45, 7) is 4.11. The number of hydrogen-bond donors (Lipinski definition) is 3. The van der Waals surface area contributed by atoms with Crippen molar-refractivity contribution in [3.63, 3.8) is 0 Å². The molecule has 0 aliphatic carbocycles. The topological polar surface area (TPSA) is 79.5 Å². The van der Waals surface area contributed by atoms with E-state index in [1.807, 2.05) is 18.2 Å². The molecule has 0 aliphatic rings. The first-order valence-electron chi connectivity index (χ1n) is 6.61. The van der Waals surface area contributed by atoms with Crippen LogP contribution in [0.2, 0.25) is 0 Å². The summed E-state index contributed by atoms with van der Waals surface area (Å²) in [6.07, 6.45) is 1.79. The van der Waals surface area contributed by atoms with Gasteiger partial charge in [0.25, 0.3) is 5.91 Å². The number of nitrogens with zero attached hydrogens (tertiary/aromatic N) is 1. The van der Waals surface area contributed by atoms with Crippen LogP contribution >= 0.6 is 24.0 Å². The van der Waals surface area contributed by atoms with Crippen LogP contribution in [0.3, 0.4) is 0 Å². The van der Waals surface area contributed by atoms with Gasteiger partial charge in [-0.25, -0.2) is 0 Å². The van der Waals surface area contributed by atoms with E-state index in [-0.39, 0.29) is 29.9 Å². The van der Waals surface area contributed by atoms with Crippen molar-refractivity contribution in [2.45, 2.75) is 19.8 Å². The molecule has 1 aromatic rings. The Morgan fingerprint density at radius 1 is 1.20 bits per heavy atom. The van der Waals surface area contributed by atoms with Crippen molar-refractivity contribution in [2.75, 3.05) is 19.6 Å². The van der Waals surface area contributed by atoms with Crippen molar-refractivity contribution in [3.05, 3.63) is 35.9 Å². The van der Waals surface area contributed by atoms with Gasteiger partial charge in [-0.2, -0.15) is 0 Å². The molecule has 0 fully saturated rings. The summed E-state index contributed by atoms with van der Waals surface area (Å²) in [4.78, 5) is 15.8. The van der Waals surface area contributed by atoms with Gasteiger partial charge in [-0.1, -0.05) is 25.1 Å². The number of amides is 1. The minimum absolute atomic E-state index is 0. The van der Waals surface area contributed by atoms with Gasteiger partial charge in [0.05, 0.1) is 0 Å². The van der Waals surface area contributed by atoms with Crippen molar-refractivity contribution < 1.29 is 4.79 Å². The molecule has 112 valence electrons. The largest absolute Gasteiger partial charge is 0.370 e. The van der Waals surface area contributed by atoms with Gasteiger partial charge in [-0.05, 0) is 25.0 Å². The molecule has 0 radical (unpaired) electrons. The molecule has 0 bridgehead atoms. The van der Waals surface area contributed by atoms with Gasteiger partial charge in [0.15, 0.2) is 5.96 Å². The summed E-state index contributed by atoms with van der Waals surface area (Å²) in [7, 11) is 0. The summed E-state index contributed by atoms with van der Waals surface area (Å²) in [5.41, 5.74) is 6.32. The Morgan fingerprint density at radius 2 is 1.85 bits per heavy atom. The first kappa shape index (κ1) is 18.7. The highest BCUT2D eigenvalue weighted by atomic mass is 127. The second-order valence-electron chi connectivity index (χ2n) is 4.17. The molecule has 1 aromatic carbocycles. The third-order valence-corrected chi connectivity index (χ3v) is 2.49. The van der Waals surface area contributed by atoms with E-state index in [0.717, 1.165) is 19.4 Å². The average molecular weight is 390 g/mol. The number of hydrogen-bond acceptors (Lipinski definition) is 2. The second-order valence-corrected chi connectivity index (χ2v) is 4.17. The van der Waals surface area contributed by atoms with Crippen LogP contribution in [0.15, 0.2) is 35.3 Å². The molecule has 5 nitrogen and oxygen atoms in total. The zero-order valence-corrected chi connectivity index (χ0v) is 14.1. The predicted octanol–water partition coefficient (Wildman–Crippen LogP) is 1.74. The first-order chi connectivity index (χ1) is 9.24. The van der Waals surface area contributed by atoms with Crippen molar-refractivity contribution in [2.24, 2.45) is 10.7 Å². The molecule has 0 heterocycles. The molecule has 1 rings (SSSR count). The molecule has 1 amide bonds. The van der Waals surface area contributed by atoms with Crippen LogP contribution in [0.4, 0.5) is 0 Å². The third kappa shape index (κ3) is 7.98. The van der Waals surface area contributed by atoms with Gasteiger partial charge in [-0.3, -0.25) is 9.79 Å². The van der Waals surface area contributed by atoms with Crippen LogP contribution < -0.4 is 16.4 Å². The maximum atomic E-state index is 11.7. The van der Waals surface area contributed by atoms with Gasteiger partial charge < -0.3 is 16.4 Å². The molecule has 6 heteroatoms. The monoisotopic (exact) mass is 390 g/mol. The number of benzene rings is 1. The highest BCUT2D eigenvalue weighted by Crippen LogP contribution is 1.97. The highest BCUT2D eigenvalue weighted by Gasteiger charge is 2.02. The Kier molecular flexibility index (Phi) is 10.8. The number of nitrogens with one attached hydrogen (secondary N) is 2. The summed E-state index contributed by atoms with van der Waals surface area (Å²) in [6, 6.07) is 9.17. The number of aliphatic imine (C=N–C) groups is 1. The minimum atomic E-state index is -0.0479. The molecule has 0 aromatic heterocycles. The number of carbonyl (C=O) groups is 1. The van der Waals surface area contributed by atoms with Crippen molar-refractivity contribution in [3.8, 4) is 0 Å². The third-order valence-electron chi connectivity index (χ3n) is 2.49. The molecular formula is C14H23IN4O. The lowest BCUT2D eigenvalue weighted by atomic mass is 10.2. The Balaban J connectivity index is 0.00000361. The van der Waals surface area contributed by atoms with E-state index in [1.165, 1.54) is 0 Å². The Morgan fingerprint density at radius 3 is 2.50 bits per heavy atom. The molecular weight excluding hydrogens is 367 g/mol. The summed E-state index contributed by atoms with van der Waals surface area (Å²) >= 11 is 0. The van der Waals surface area contributed by atoms with E-state index in [4.69, 9.17) is 5.73 Å². The molecule has 0 saturated carbocycles. The standard InChI is InChI=1S/C14H22N4O.HI/c1-2-9-17-14(15)18-11-6-10-16-13(19)12-7-4-3-5-8-12;/h3-5,7-8H,2,6,9-11H2,1H3,(H,16,19)(H3,15,17,18);1H. The van der Waals surface area contributed by atoms with Gasteiger partial charge >= 0.3 is 0 Å². The van der Waals surface area contributed by atoms with Gasteiger partial charge in [-0.15, -0.1) is 24.0 Å². The van der Waals surface area contributed by atoms with Crippen LogP contribution in [0.25, 0.3) is 0 Å². The summed E-state index contributed by atoms with van der Waals surface area (Å²) in [5.74, 6) is 0.421. The van der Waals surface area contributed by atoms with E-state index >= 15 is 0 Å². The van der Waals surface area contributed by atoms with E-state index in [9.17, 15) is 4.79 Å². The number of halogens is 1. The summed E-state index contributed by atoms with van der Waals surface area (Å²) < 4.78 is 0. The fraction of sp³-hybridized carbons (Fsp3) is 0.429. The lowest BCUT2D eigenvalue weighted by Gasteiger charge is -2.07. The normalized spacial score (nSPS) is 10.6.